The smallest absolute Gasteiger partial charge is 0.278 e. The quantitative estimate of drug-likeness (QED) is 0.312. The molecule has 1 amide bonds. The van der Waals surface area contributed by atoms with E-state index in [2.05, 4.69) is 20.5 Å². The SMILES string of the molecule is COc1ccc(-c2nnc(SC(C(=O)Nc3cc(Cl)cc(Cl)c3)c3ccccc3)[nH]c2=O)cc1. The number of amides is 1. The standard InChI is InChI=1S/C24H18Cl2N4O3S/c1-33-19-9-7-14(8-10-19)20-22(31)28-24(30-29-20)34-21(15-5-3-2-4-6-15)23(32)27-18-12-16(25)11-17(26)13-18/h2-13,21H,1H3,(H,27,32)(H,28,30,31). The molecule has 2 N–H and O–H groups in total. The van der Waals surface area contributed by atoms with Crippen molar-refractivity contribution in [2.75, 3.05) is 12.4 Å². The Morgan fingerprint density at radius 2 is 1.68 bits per heavy atom. The molecule has 1 aromatic heterocycles. The van der Waals surface area contributed by atoms with Gasteiger partial charge in [-0.05, 0) is 48.0 Å². The highest BCUT2D eigenvalue weighted by molar-refractivity contribution is 8.00. The molecule has 0 aliphatic carbocycles. The number of benzene rings is 3. The summed E-state index contributed by atoms with van der Waals surface area (Å²) in [6.45, 7) is 0. The first kappa shape index (κ1) is 23.8. The molecule has 4 rings (SSSR count). The van der Waals surface area contributed by atoms with Gasteiger partial charge in [-0.15, -0.1) is 10.2 Å². The molecule has 34 heavy (non-hydrogen) atoms. The van der Waals surface area contributed by atoms with Gasteiger partial charge < -0.3 is 10.1 Å². The second-order valence-electron chi connectivity index (χ2n) is 7.09. The third kappa shape index (κ3) is 5.77. The third-order valence-corrected chi connectivity index (χ3v) is 6.31. The van der Waals surface area contributed by atoms with Gasteiger partial charge in [0.2, 0.25) is 5.91 Å². The lowest BCUT2D eigenvalue weighted by atomic mass is 10.1. The van der Waals surface area contributed by atoms with Crippen LogP contribution in [0.15, 0.2) is 82.7 Å². The minimum atomic E-state index is -0.726. The van der Waals surface area contributed by atoms with Crippen LogP contribution in [0.3, 0.4) is 0 Å². The van der Waals surface area contributed by atoms with Crippen LogP contribution in [-0.4, -0.2) is 28.2 Å². The molecule has 0 aliphatic heterocycles. The van der Waals surface area contributed by atoms with Crippen molar-refractivity contribution in [1.82, 2.24) is 15.2 Å². The van der Waals surface area contributed by atoms with Crippen molar-refractivity contribution in [2.45, 2.75) is 10.4 Å². The minimum absolute atomic E-state index is 0.168. The number of methoxy groups -OCH3 is 1. The first-order chi connectivity index (χ1) is 16.4. The molecule has 0 aliphatic rings. The maximum absolute atomic E-state index is 13.2. The van der Waals surface area contributed by atoms with Crippen LogP contribution < -0.4 is 15.6 Å². The summed E-state index contributed by atoms with van der Waals surface area (Å²) in [6.07, 6.45) is 0. The van der Waals surface area contributed by atoms with Crippen LogP contribution in [0.4, 0.5) is 5.69 Å². The first-order valence-corrected chi connectivity index (χ1v) is 11.7. The molecule has 1 unspecified atom stereocenters. The van der Waals surface area contributed by atoms with E-state index in [-0.39, 0.29) is 16.8 Å². The number of nitrogens with zero attached hydrogens (tertiary/aromatic N) is 2. The summed E-state index contributed by atoms with van der Waals surface area (Å²) in [5.41, 5.74) is 1.53. The van der Waals surface area contributed by atoms with E-state index in [0.29, 0.717) is 27.0 Å². The number of carbonyl (C=O) groups excluding carboxylic acids is 1. The van der Waals surface area contributed by atoms with Gasteiger partial charge in [0.15, 0.2) is 10.9 Å². The number of rotatable bonds is 7. The first-order valence-electron chi connectivity index (χ1n) is 10.0. The van der Waals surface area contributed by atoms with E-state index in [1.54, 1.807) is 49.6 Å². The van der Waals surface area contributed by atoms with Crippen molar-refractivity contribution in [1.29, 1.82) is 0 Å². The van der Waals surface area contributed by atoms with Gasteiger partial charge in [0.05, 0.1) is 7.11 Å². The van der Waals surface area contributed by atoms with E-state index in [0.717, 1.165) is 17.3 Å². The zero-order valence-corrected chi connectivity index (χ0v) is 20.1. The third-order valence-electron chi connectivity index (χ3n) is 4.74. The molecule has 4 aromatic rings. The average Bonchev–Trinajstić information content (AvgIpc) is 2.82. The molecule has 0 radical (unpaired) electrons. The number of nitrogens with one attached hydrogen (secondary N) is 2. The molecule has 172 valence electrons. The largest absolute Gasteiger partial charge is 0.497 e. The number of anilines is 1. The molecular weight excluding hydrogens is 495 g/mol. The van der Waals surface area contributed by atoms with Crippen molar-refractivity contribution in [2.24, 2.45) is 0 Å². The lowest BCUT2D eigenvalue weighted by Gasteiger charge is -2.16. The summed E-state index contributed by atoms with van der Waals surface area (Å²) < 4.78 is 5.14. The fraction of sp³-hybridized carbons (Fsp3) is 0.0833. The van der Waals surface area contributed by atoms with Crippen LogP contribution in [-0.2, 0) is 4.79 Å². The molecule has 1 heterocycles. The van der Waals surface area contributed by atoms with Gasteiger partial charge in [0.25, 0.3) is 5.56 Å². The van der Waals surface area contributed by atoms with Crippen LogP contribution >= 0.6 is 35.0 Å². The highest BCUT2D eigenvalue weighted by Gasteiger charge is 2.24. The number of carbonyl (C=O) groups is 1. The van der Waals surface area contributed by atoms with E-state index in [1.807, 2.05) is 30.3 Å². The minimum Gasteiger partial charge on any atom is -0.497 e. The predicted molar refractivity (Wildman–Crippen MR) is 135 cm³/mol. The normalized spacial score (nSPS) is 11.6. The average molecular weight is 513 g/mol. The summed E-state index contributed by atoms with van der Waals surface area (Å²) in [7, 11) is 1.56. The van der Waals surface area contributed by atoms with Gasteiger partial charge >= 0.3 is 0 Å². The molecule has 10 heteroatoms. The van der Waals surface area contributed by atoms with Crippen molar-refractivity contribution >= 4 is 46.6 Å². The molecule has 1 atom stereocenters. The van der Waals surface area contributed by atoms with Crippen molar-refractivity contribution < 1.29 is 9.53 Å². The fourth-order valence-corrected chi connectivity index (χ4v) is 4.61. The van der Waals surface area contributed by atoms with Gasteiger partial charge in [-0.1, -0.05) is 65.3 Å². The lowest BCUT2D eigenvalue weighted by molar-refractivity contribution is -0.115. The molecule has 0 saturated carbocycles. The van der Waals surface area contributed by atoms with Crippen LogP contribution in [0.1, 0.15) is 10.8 Å². The maximum atomic E-state index is 13.2. The van der Waals surface area contributed by atoms with Crippen LogP contribution in [0, 0.1) is 0 Å². The number of hydrogen-bond donors (Lipinski definition) is 2. The number of H-pyrrole nitrogens is 1. The molecule has 7 nitrogen and oxygen atoms in total. The van der Waals surface area contributed by atoms with Crippen LogP contribution in [0.25, 0.3) is 11.3 Å². The maximum Gasteiger partial charge on any atom is 0.278 e. The number of halogens is 2. The van der Waals surface area contributed by atoms with Crippen molar-refractivity contribution in [3.63, 3.8) is 0 Å². The second kappa shape index (κ2) is 10.7. The predicted octanol–water partition coefficient (Wildman–Crippen LogP) is 5.62. The summed E-state index contributed by atoms with van der Waals surface area (Å²) >= 11 is 13.2. The number of hydrogen-bond acceptors (Lipinski definition) is 6. The van der Waals surface area contributed by atoms with Crippen LogP contribution in [0.2, 0.25) is 10.0 Å². The van der Waals surface area contributed by atoms with Gasteiger partial charge in [0.1, 0.15) is 11.0 Å². The van der Waals surface area contributed by atoms with Crippen LogP contribution in [0.5, 0.6) is 5.75 Å². The van der Waals surface area contributed by atoms with E-state index < -0.39 is 10.8 Å². The second-order valence-corrected chi connectivity index (χ2v) is 9.06. The summed E-state index contributed by atoms with van der Waals surface area (Å²) in [5.74, 6) is 0.328. The molecule has 3 aromatic carbocycles. The topological polar surface area (TPSA) is 97.0 Å². The summed E-state index contributed by atoms with van der Waals surface area (Å²) in [4.78, 5) is 28.6. The Bertz CT molecular complexity index is 1340. The Morgan fingerprint density at radius 1 is 1.00 bits per heavy atom. The van der Waals surface area contributed by atoms with Crippen molar-refractivity contribution in [3.05, 3.63) is 98.8 Å². The molecule has 0 bridgehead atoms. The fourth-order valence-electron chi connectivity index (χ4n) is 3.16. The lowest BCUT2D eigenvalue weighted by Crippen LogP contribution is -2.20. The molecular formula is C24H18Cl2N4O3S. The van der Waals surface area contributed by atoms with E-state index in [4.69, 9.17) is 27.9 Å². The van der Waals surface area contributed by atoms with Gasteiger partial charge in [0, 0.05) is 21.3 Å². The number of aromatic amines is 1. The molecule has 0 saturated heterocycles. The van der Waals surface area contributed by atoms with Crippen molar-refractivity contribution in [3.8, 4) is 17.0 Å². The zero-order valence-electron chi connectivity index (χ0n) is 17.8. The summed E-state index contributed by atoms with van der Waals surface area (Å²) in [6, 6.07) is 20.8. The highest BCUT2D eigenvalue weighted by atomic mass is 35.5. The van der Waals surface area contributed by atoms with E-state index in [1.165, 1.54) is 0 Å². The molecule has 0 spiro atoms. The van der Waals surface area contributed by atoms with Gasteiger partial charge in [-0.2, -0.15) is 0 Å². The monoisotopic (exact) mass is 512 g/mol. The Hall–Kier alpha value is -3.33. The van der Waals surface area contributed by atoms with Gasteiger partial charge in [-0.3, -0.25) is 14.6 Å². The highest BCUT2D eigenvalue weighted by Crippen LogP contribution is 2.34. The summed E-state index contributed by atoms with van der Waals surface area (Å²) in [5, 5.41) is 11.3. The van der Waals surface area contributed by atoms with E-state index >= 15 is 0 Å². The Kier molecular flexibility index (Phi) is 7.52. The number of thioether (sulfide) groups is 1. The van der Waals surface area contributed by atoms with E-state index in [9.17, 15) is 9.59 Å². The Balaban J connectivity index is 1.60. The number of ether oxygens (including phenoxy) is 1. The Labute approximate surface area is 209 Å². The Morgan fingerprint density at radius 3 is 2.29 bits per heavy atom. The molecule has 0 fully saturated rings. The number of aromatic nitrogens is 3. The zero-order chi connectivity index (χ0) is 24.1. The van der Waals surface area contributed by atoms with Gasteiger partial charge in [-0.25, -0.2) is 0 Å².